The molecule has 0 radical (unpaired) electrons. The van der Waals surface area contributed by atoms with Gasteiger partial charge in [0.1, 0.15) is 17.8 Å². The Hall–Kier alpha value is -3.77. The summed E-state index contributed by atoms with van der Waals surface area (Å²) in [6.45, 7) is 6.85. The zero-order chi connectivity index (χ0) is 26.4. The van der Waals surface area contributed by atoms with Crippen molar-refractivity contribution in [1.29, 1.82) is 5.26 Å². The predicted octanol–water partition coefficient (Wildman–Crippen LogP) is 5.88. The van der Waals surface area contributed by atoms with Crippen LogP contribution in [0.3, 0.4) is 0 Å². The van der Waals surface area contributed by atoms with Gasteiger partial charge >= 0.3 is 0 Å². The van der Waals surface area contributed by atoms with Crippen LogP contribution in [-0.4, -0.2) is 31.5 Å². The van der Waals surface area contributed by atoms with Gasteiger partial charge < -0.3 is 10.6 Å². The van der Waals surface area contributed by atoms with Crippen LogP contribution in [0.4, 0.5) is 15.8 Å². The first-order chi connectivity index (χ1) is 17.6. The summed E-state index contributed by atoms with van der Waals surface area (Å²) >= 11 is 6.63. The molecule has 1 atom stereocenters. The SMILES string of the molecule is [2H][C@@](Nc1cc(Cl)c2ncc(C#N)c(NCC(C)(C)C)c2c1)(c1cn(C2CC2)nn1)c1cccnc1F. The topological polar surface area (TPSA) is 104 Å². The Morgan fingerprint density at radius 3 is 2.83 bits per heavy atom. The summed E-state index contributed by atoms with van der Waals surface area (Å²) in [5.74, 6) is -0.793. The van der Waals surface area contributed by atoms with Gasteiger partial charge in [-0.3, -0.25) is 4.98 Å². The van der Waals surface area contributed by atoms with Crippen molar-refractivity contribution in [3.05, 3.63) is 70.6 Å². The van der Waals surface area contributed by atoms with E-state index in [-0.39, 0.29) is 22.7 Å². The molecule has 8 nitrogen and oxygen atoms in total. The lowest BCUT2D eigenvalue weighted by Gasteiger charge is -2.22. The van der Waals surface area contributed by atoms with Gasteiger partial charge in [-0.15, -0.1) is 5.10 Å². The van der Waals surface area contributed by atoms with Crippen LogP contribution in [0.25, 0.3) is 10.9 Å². The number of aromatic nitrogens is 5. The van der Waals surface area contributed by atoms with E-state index in [4.69, 9.17) is 11.6 Å². The van der Waals surface area contributed by atoms with Crippen LogP contribution in [0.1, 0.15) is 63.9 Å². The van der Waals surface area contributed by atoms with Crippen molar-refractivity contribution in [3.63, 3.8) is 0 Å². The third kappa shape index (κ3) is 4.95. The van der Waals surface area contributed by atoms with Gasteiger partial charge in [-0.05, 0) is 36.5 Å². The van der Waals surface area contributed by atoms with E-state index in [0.29, 0.717) is 39.4 Å². The molecule has 1 fully saturated rings. The van der Waals surface area contributed by atoms with E-state index in [0.717, 1.165) is 12.8 Å². The lowest BCUT2D eigenvalue weighted by atomic mass is 9.96. The normalized spacial score (nSPS) is 15.7. The van der Waals surface area contributed by atoms with Crippen molar-refractivity contribution < 1.29 is 5.76 Å². The molecule has 1 aliphatic carbocycles. The summed E-state index contributed by atoms with van der Waals surface area (Å²) in [5.41, 5.74) is 2.05. The van der Waals surface area contributed by atoms with Gasteiger partial charge in [0.05, 0.1) is 35.4 Å². The first kappa shape index (κ1) is 22.7. The summed E-state index contributed by atoms with van der Waals surface area (Å²) in [4.78, 5) is 8.14. The third-order valence-electron chi connectivity index (χ3n) is 5.83. The van der Waals surface area contributed by atoms with Crippen LogP contribution in [-0.2, 0) is 0 Å². The van der Waals surface area contributed by atoms with E-state index < -0.39 is 12.0 Å². The molecular formula is C26H26ClFN8. The number of anilines is 2. The number of halogens is 2. The second-order valence-electron chi connectivity index (χ2n) is 10.1. The standard InChI is InChI=1S/C26H26ClFN8/c1-26(2,3)14-32-22-15(11-29)12-31-23-19(22)9-16(10-20(23)27)33-24(18-5-4-8-30-25(18)28)21-13-36(35-34-21)17-6-7-17/h4-5,8-10,12-13,17,24,33H,6-7,14H2,1-3H3,(H,31,32)/t24-/m0/s1/i24D. The Bertz CT molecular complexity index is 1520. The highest BCUT2D eigenvalue weighted by Crippen LogP contribution is 2.37. The summed E-state index contributed by atoms with van der Waals surface area (Å²) < 4.78 is 26.1. The summed E-state index contributed by atoms with van der Waals surface area (Å²) in [6.07, 6.45) is 6.46. The van der Waals surface area contributed by atoms with Crippen molar-refractivity contribution in [2.45, 2.75) is 45.7 Å². The highest BCUT2D eigenvalue weighted by molar-refractivity contribution is 6.35. The van der Waals surface area contributed by atoms with E-state index in [1.54, 1.807) is 29.1 Å². The Morgan fingerprint density at radius 2 is 2.14 bits per heavy atom. The maximum atomic E-state index is 15.0. The molecule has 1 aliphatic rings. The molecule has 0 aliphatic heterocycles. The van der Waals surface area contributed by atoms with Gasteiger partial charge in [0, 0.05) is 35.6 Å². The number of rotatable bonds is 7. The number of benzene rings is 1. The van der Waals surface area contributed by atoms with E-state index in [9.17, 15) is 11.0 Å². The Labute approximate surface area is 214 Å². The Kier molecular flexibility index (Phi) is 5.89. The van der Waals surface area contributed by atoms with Gasteiger partial charge in [-0.2, -0.15) is 9.65 Å². The Balaban J connectivity index is 1.64. The first-order valence-corrected chi connectivity index (χ1v) is 12.0. The van der Waals surface area contributed by atoms with Crippen LogP contribution in [0, 0.1) is 22.7 Å². The van der Waals surface area contributed by atoms with Gasteiger partial charge in [0.2, 0.25) is 5.95 Å². The van der Waals surface area contributed by atoms with Crippen LogP contribution in [0.2, 0.25) is 5.02 Å². The molecule has 0 saturated heterocycles. The second kappa shape index (κ2) is 9.36. The maximum absolute atomic E-state index is 15.0. The lowest BCUT2D eigenvalue weighted by molar-refractivity contribution is 0.443. The molecule has 0 spiro atoms. The minimum atomic E-state index is -1.86. The summed E-state index contributed by atoms with van der Waals surface area (Å²) in [6, 6.07) is 7.01. The molecular weight excluding hydrogens is 479 g/mol. The number of fused-ring (bicyclic) bond motifs is 1. The van der Waals surface area contributed by atoms with E-state index in [1.165, 1.54) is 18.5 Å². The fourth-order valence-electron chi connectivity index (χ4n) is 3.86. The third-order valence-corrected chi connectivity index (χ3v) is 6.11. The highest BCUT2D eigenvalue weighted by Gasteiger charge is 2.28. The summed E-state index contributed by atoms with van der Waals surface area (Å²) in [7, 11) is 0. The molecule has 0 amide bonds. The van der Waals surface area contributed by atoms with Gasteiger partial charge in [-0.1, -0.05) is 43.7 Å². The number of nitriles is 1. The number of hydrogen-bond acceptors (Lipinski definition) is 7. The number of pyridine rings is 2. The largest absolute Gasteiger partial charge is 0.383 e. The van der Waals surface area contributed by atoms with Crippen molar-refractivity contribution in [1.82, 2.24) is 25.0 Å². The molecule has 184 valence electrons. The van der Waals surface area contributed by atoms with Crippen LogP contribution in [0.15, 0.2) is 42.9 Å². The predicted molar refractivity (Wildman–Crippen MR) is 137 cm³/mol. The molecule has 0 bridgehead atoms. The van der Waals surface area contributed by atoms with Crippen LogP contribution in [0.5, 0.6) is 0 Å². The van der Waals surface area contributed by atoms with Crippen molar-refractivity contribution >= 4 is 33.9 Å². The van der Waals surface area contributed by atoms with Gasteiger partial charge in [0.15, 0.2) is 0 Å². The van der Waals surface area contributed by atoms with Crippen LogP contribution >= 0.6 is 11.6 Å². The van der Waals surface area contributed by atoms with Crippen molar-refractivity contribution in [2.24, 2.45) is 5.41 Å². The van der Waals surface area contributed by atoms with Crippen molar-refractivity contribution in [3.8, 4) is 6.07 Å². The average Bonchev–Trinajstić information content (AvgIpc) is 3.57. The molecule has 3 heterocycles. The van der Waals surface area contributed by atoms with Gasteiger partial charge in [-0.25, -0.2) is 9.67 Å². The van der Waals surface area contributed by atoms with E-state index >= 15 is 0 Å². The first-order valence-electron chi connectivity index (χ1n) is 12.2. The zero-order valence-corrected chi connectivity index (χ0v) is 20.9. The van der Waals surface area contributed by atoms with Gasteiger partial charge in [0.25, 0.3) is 0 Å². The number of hydrogen-bond donors (Lipinski definition) is 2. The molecule has 36 heavy (non-hydrogen) atoms. The molecule has 10 heteroatoms. The minimum absolute atomic E-state index is 0.0101. The van der Waals surface area contributed by atoms with Crippen molar-refractivity contribution in [2.75, 3.05) is 17.2 Å². The highest BCUT2D eigenvalue weighted by atomic mass is 35.5. The quantitative estimate of drug-likeness (QED) is 0.302. The minimum Gasteiger partial charge on any atom is -0.383 e. The molecule has 0 unspecified atom stereocenters. The van der Waals surface area contributed by atoms with Crippen LogP contribution < -0.4 is 10.6 Å². The molecule has 1 saturated carbocycles. The molecule has 2 N–H and O–H groups in total. The number of nitrogens with zero attached hydrogens (tertiary/aromatic N) is 6. The fourth-order valence-corrected chi connectivity index (χ4v) is 4.12. The van der Waals surface area contributed by atoms with E-state index in [2.05, 4.69) is 57.8 Å². The molecule has 1 aromatic carbocycles. The van der Waals surface area contributed by atoms with E-state index in [1.807, 2.05) is 0 Å². The lowest BCUT2D eigenvalue weighted by Crippen LogP contribution is -2.20. The maximum Gasteiger partial charge on any atom is 0.218 e. The average molecular weight is 506 g/mol. The smallest absolute Gasteiger partial charge is 0.218 e. The molecule has 5 rings (SSSR count). The number of nitrogens with one attached hydrogen (secondary N) is 2. The molecule has 4 aromatic rings. The second-order valence-corrected chi connectivity index (χ2v) is 10.5. The zero-order valence-electron chi connectivity index (χ0n) is 21.2. The fraction of sp³-hybridized carbons (Fsp3) is 0.346. The Morgan fingerprint density at radius 1 is 1.33 bits per heavy atom. The molecule has 3 aromatic heterocycles. The monoisotopic (exact) mass is 505 g/mol. The summed E-state index contributed by atoms with van der Waals surface area (Å²) in [5, 5.41) is 25.5.